The van der Waals surface area contributed by atoms with E-state index in [2.05, 4.69) is 44.8 Å². The molecule has 2 aromatic rings. The third kappa shape index (κ3) is 2.14. The van der Waals surface area contributed by atoms with Gasteiger partial charge in [-0.05, 0) is 41.9 Å². The zero-order valence-electron chi connectivity index (χ0n) is 10.0. The van der Waals surface area contributed by atoms with Crippen molar-refractivity contribution in [3.05, 3.63) is 22.4 Å². The van der Waals surface area contributed by atoms with Crippen LogP contribution >= 0.6 is 15.9 Å². The van der Waals surface area contributed by atoms with E-state index in [0.29, 0.717) is 6.54 Å². The Bertz CT molecular complexity index is 518. The van der Waals surface area contributed by atoms with E-state index in [1.807, 2.05) is 12.1 Å². The third-order valence-corrected chi connectivity index (χ3v) is 3.55. The fraction of sp³-hybridized carbons (Fsp3) is 0.455. The minimum Gasteiger partial charge on any atom is -0.356 e. The van der Waals surface area contributed by atoms with Crippen LogP contribution in [0.2, 0.25) is 0 Å². The number of nitrogens with two attached hydrogens (primary N) is 1. The molecule has 0 aliphatic rings. The molecule has 0 fully saturated rings. The van der Waals surface area contributed by atoms with Gasteiger partial charge in [0.1, 0.15) is 10.4 Å². The minimum atomic E-state index is 0.407. The van der Waals surface area contributed by atoms with Crippen molar-refractivity contribution >= 4 is 27.4 Å². The summed E-state index contributed by atoms with van der Waals surface area (Å²) in [5, 5.41) is 4.56. The van der Waals surface area contributed by atoms with Crippen LogP contribution in [0.15, 0.2) is 16.7 Å². The van der Waals surface area contributed by atoms with Crippen LogP contribution in [0.5, 0.6) is 0 Å². The van der Waals surface area contributed by atoms with Crippen LogP contribution in [0.1, 0.15) is 19.5 Å². The topological polar surface area (TPSA) is 59.5 Å². The van der Waals surface area contributed by atoms with Gasteiger partial charge >= 0.3 is 0 Å². The second kappa shape index (κ2) is 5.01. The summed E-state index contributed by atoms with van der Waals surface area (Å²) in [6.45, 7) is 6.51. The van der Waals surface area contributed by atoms with Crippen molar-refractivity contribution < 1.29 is 0 Å². The maximum atomic E-state index is 5.62. The summed E-state index contributed by atoms with van der Waals surface area (Å²) < 4.78 is 2.62. The first-order chi connectivity index (χ1) is 8.21. The lowest BCUT2D eigenvalue weighted by Crippen LogP contribution is -2.23. The van der Waals surface area contributed by atoms with E-state index in [1.165, 1.54) is 0 Å². The maximum Gasteiger partial charge on any atom is 0.155 e. The van der Waals surface area contributed by atoms with Gasteiger partial charge in [-0.15, -0.1) is 5.10 Å². The highest BCUT2D eigenvalue weighted by molar-refractivity contribution is 9.10. The standard InChI is InChI=1S/C11H16BrN5/c1-3-16(4-2)10-6-5-9-14-8(7-13)11(12)17(9)15-10/h5-6H,3-4,7,13H2,1-2H3. The normalized spacial score (nSPS) is 11.1. The van der Waals surface area contributed by atoms with E-state index in [9.17, 15) is 0 Å². The third-order valence-electron chi connectivity index (χ3n) is 2.76. The number of hydrogen-bond acceptors (Lipinski definition) is 4. The zero-order valence-corrected chi connectivity index (χ0v) is 11.6. The van der Waals surface area contributed by atoms with Crippen molar-refractivity contribution in [1.29, 1.82) is 0 Å². The number of rotatable bonds is 4. The molecule has 0 saturated carbocycles. The van der Waals surface area contributed by atoms with Gasteiger partial charge in [0.2, 0.25) is 0 Å². The van der Waals surface area contributed by atoms with Crippen LogP contribution in [0, 0.1) is 0 Å². The first kappa shape index (κ1) is 12.3. The molecule has 2 aromatic heterocycles. The largest absolute Gasteiger partial charge is 0.356 e. The van der Waals surface area contributed by atoms with Crippen LogP contribution in [0.3, 0.4) is 0 Å². The minimum absolute atomic E-state index is 0.407. The molecule has 2 rings (SSSR count). The summed E-state index contributed by atoms with van der Waals surface area (Å²) in [6, 6.07) is 3.95. The molecule has 0 aliphatic heterocycles. The molecule has 0 aliphatic carbocycles. The van der Waals surface area contributed by atoms with Gasteiger partial charge in [-0.2, -0.15) is 0 Å². The van der Waals surface area contributed by atoms with Gasteiger partial charge in [-0.1, -0.05) is 0 Å². The van der Waals surface area contributed by atoms with E-state index in [-0.39, 0.29) is 0 Å². The summed E-state index contributed by atoms with van der Waals surface area (Å²) in [5.74, 6) is 0.948. The lowest BCUT2D eigenvalue weighted by atomic mass is 10.4. The molecule has 0 aromatic carbocycles. The van der Waals surface area contributed by atoms with E-state index in [4.69, 9.17) is 5.73 Å². The predicted molar refractivity (Wildman–Crippen MR) is 72.1 cm³/mol. The van der Waals surface area contributed by atoms with Gasteiger partial charge in [-0.25, -0.2) is 9.50 Å². The molecular formula is C11H16BrN5. The molecule has 0 atom stereocenters. The van der Waals surface area contributed by atoms with Crippen molar-refractivity contribution in [2.45, 2.75) is 20.4 Å². The number of hydrogen-bond donors (Lipinski definition) is 1. The number of imidazole rings is 1. The molecule has 0 amide bonds. The van der Waals surface area contributed by atoms with Crippen molar-refractivity contribution in [2.75, 3.05) is 18.0 Å². The highest BCUT2D eigenvalue weighted by Crippen LogP contribution is 2.20. The van der Waals surface area contributed by atoms with Crippen molar-refractivity contribution in [3.8, 4) is 0 Å². The summed E-state index contributed by atoms with van der Waals surface area (Å²) in [4.78, 5) is 6.58. The van der Waals surface area contributed by atoms with Crippen LogP contribution in [-0.4, -0.2) is 27.7 Å². The first-order valence-corrected chi connectivity index (χ1v) is 6.49. The molecule has 6 heteroatoms. The molecule has 0 radical (unpaired) electrons. The predicted octanol–water partition coefficient (Wildman–Crippen LogP) is 1.80. The number of anilines is 1. The number of halogens is 1. The summed E-state index contributed by atoms with van der Waals surface area (Å²) in [5.41, 5.74) is 7.26. The molecule has 0 spiro atoms. The SMILES string of the molecule is CCN(CC)c1ccc2nc(CN)c(Br)n2n1. The average molecular weight is 298 g/mol. The van der Waals surface area contributed by atoms with Gasteiger partial charge in [-0.3, -0.25) is 0 Å². The molecule has 17 heavy (non-hydrogen) atoms. The van der Waals surface area contributed by atoms with Crippen molar-refractivity contribution in [3.63, 3.8) is 0 Å². The summed E-state index contributed by atoms with van der Waals surface area (Å²) >= 11 is 3.48. The van der Waals surface area contributed by atoms with Crippen molar-refractivity contribution in [2.24, 2.45) is 5.73 Å². The highest BCUT2D eigenvalue weighted by Gasteiger charge is 2.11. The Kier molecular flexibility index (Phi) is 3.63. The molecule has 0 bridgehead atoms. The second-order valence-electron chi connectivity index (χ2n) is 3.69. The van der Waals surface area contributed by atoms with Gasteiger partial charge in [0, 0.05) is 19.6 Å². The van der Waals surface area contributed by atoms with Gasteiger partial charge in [0.05, 0.1) is 5.69 Å². The Morgan fingerprint density at radius 1 is 1.35 bits per heavy atom. The van der Waals surface area contributed by atoms with Gasteiger partial charge in [0.25, 0.3) is 0 Å². The summed E-state index contributed by atoms with van der Waals surface area (Å²) in [6.07, 6.45) is 0. The molecule has 5 nitrogen and oxygen atoms in total. The number of nitrogens with zero attached hydrogens (tertiary/aromatic N) is 4. The lowest BCUT2D eigenvalue weighted by Gasteiger charge is -2.19. The molecule has 0 unspecified atom stereocenters. The van der Waals surface area contributed by atoms with Gasteiger partial charge in [0.15, 0.2) is 5.65 Å². The number of aromatic nitrogens is 3. The highest BCUT2D eigenvalue weighted by atomic mass is 79.9. The van der Waals surface area contributed by atoms with Crippen LogP contribution in [0.25, 0.3) is 5.65 Å². The zero-order chi connectivity index (χ0) is 12.4. The fourth-order valence-electron chi connectivity index (χ4n) is 1.79. The molecular weight excluding hydrogens is 282 g/mol. The monoisotopic (exact) mass is 297 g/mol. The average Bonchev–Trinajstić information content (AvgIpc) is 2.68. The van der Waals surface area contributed by atoms with Gasteiger partial charge < -0.3 is 10.6 Å². The lowest BCUT2D eigenvalue weighted by molar-refractivity contribution is 0.801. The first-order valence-electron chi connectivity index (χ1n) is 5.70. The second-order valence-corrected chi connectivity index (χ2v) is 4.44. The van der Waals surface area contributed by atoms with Crippen LogP contribution in [-0.2, 0) is 6.54 Å². The smallest absolute Gasteiger partial charge is 0.155 e. The Balaban J connectivity index is 2.52. The van der Waals surface area contributed by atoms with E-state index in [1.54, 1.807) is 4.52 Å². The van der Waals surface area contributed by atoms with Crippen molar-refractivity contribution in [1.82, 2.24) is 14.6 Å². The van der Waals surface area contributed by atoms with Crippen LogP contribution < -0.4 is 10.6 Å². The van der Waals surface area contributed by atoms with E-state index < -0.39 is 0 Å². The quantitative estimate of drug-likeness (QED) is 0.935. The Hall–Kier alpha value is -1.14. The van der Waals surface area contributed by atoms with E-state index in [0.717, 1.165) is 34.9 Å². The molecule has 92 valence electrons. The summed E-state index contributed by atoms with van der Waals surface area (Å²) in [7, 11) is 0. The Morgan fingerprint density at radius 3 is 2.65 bits per heavy atom. The molecule has 2 heterocycles. The Labute approximate surface area is 109 Å². The number of fused-ring (bicyclic) bond motifs is 1. The maximum absolute atomic E-state index is 5.62. The Morgan fingerprint density at radius 2 is 2.06 bits per heavy atom. The van der Waals surface area contributed by atoms with E-state index >= 15 is 0 Å². The molecule has 0 saturated heterocycles. The molecule has 2 N–H and O–H groups in total. The van der Waals surface area contributed by atoms with Crippen LogP contribution in [0.4, 0.5) is 5.82 Å². The fourth-order valence-corrected chi connectivity index (χ4v) is 2.30.